The van der Waals surface area contributed by atoms with Crippen LogP contribution in [0.3, 0.4) is 0 Å². The number of rotatable bonds is 28. The number of amides is 1. The number of nitrogen functional groups attached to an aromatic ring is 1. The average Bonchev–Trinajstić information content (AvgIpc) is 1.63. The lowest BCUT2D eigenvalue weighted by Crippen LogP contribution is -2.19. The number of ketones is 2. The SMILES string of the molecule is COC(C)c1ccc(N)c(S(C)(=O)=O)c1.COC(C)c1ccc(Nc2cc(CC(=O)C3CC3)nc3c2N=C(C)C3)c(S(C)(=O)=O)c1.COC(C)c1ccc(Nc2cc(CC(=O)C3CC3)nc3c2nc(C)n3C2CCCCO2)c(S(C)(=O)=O)c1.COC(C)c1ccc(Nc2cc(Cl)nc3c2nc(C)n3C2CCCCO2)c(S(C)(=O)=O)c1.Cc1nc2c(Cl)cc(Cl)nc2n1C1CCCCO1.NC(=O)C1CC1. The molecule has 7 aromatic heterocycles. The minimum Gasteiger partial charge on any atom is -0.398 e. The maximum absolute atomic E-state index is 12.8. The van der Waals surface area contributed by atoms with Crippen molar-refractivity contribution in [2.45, 2.75) is 234 Å². The Labute approximate surface area is 826 Å². The molecule has 0 radical (unpaired) electrons. The summed E-state index contributed by atoms with van der Waals surface area (Å²) >= 11 is 18.5. The number of anilines is 7. The second-order valence-electron chi connectivity index (χ2n) is 36.2. The van der Waals surface area contributed by atoms with Crippen LogP contribution in [0.1, 0.15) is 231 Å². The van der Waals surface area contributed by atoms with Gasteiger partial charge in [-0.3, -0.25) is 38.1 Å². The zero-order valence-electron chi connectivity index (χ0n) is 81.0. The molecule has 0 spiro atoms. The van der Waals surface area contributed by atoms with Crippen molar-refractivity contribution in [2.24, 2.45) is 28.5 Å². The zero-order valence-corrected chi connectivity index (χ0v) is 86.6. The number of pyridine rings is 4. The Morgan fingerprint density at radius 2 is 0.755 bits per heavy atom. The predicted molar refractivity (Wildman–Crippen MR) is 538 cm³/mol. The van der Waals surface area contributed by atoms with Gasteiger partial charge in [0.25, 0.3) is 0 Å². The molecule has 18 rings (SSSR count). The van der Waals surface area contributed by atoms with Crippen molar-refractivity contribution in [2.75, 3.05) is 95.0 Å². The number of nitrogens with one attached hydrogen (secondary N) is 3. The third kappa shape index (κ3) is 26.9. The Morgan fingerprint density at radius 3 is 1.12 bits per heavy atom. The fraction of sp³-hybridized carbons (Fsp3) is 0.480. The molecular weight excluding hydrogens is 1920 g/mol. The number of sulfone groups is 4. The summed E-state index contributed by atoms with van der Waals surface area (Å²) in [7, 11) is -7.52. The van der Waals surface area contributed by atoms with E-state index in [1.807, 2.05) is 99.4 Å². The smallest absolute Gasteiger partial charge is 0.220 e. The van der Waals surface area contributed by atoms with Crippen LogP contribution in [0, 0.1) is 38.5 Å². The van der Waals surface area contributed by atoms with Crippen LogP contribution in [0.4, 0.5) is 45.5 Å². The Kier molecular flexibility index (Phi) is 34.8. The number of hydrogen-bond donors (Lipinski definition) is 5. The highest BCUT2D eigenvalue weighted by Gasteiger charge is 2.35. The molecule has 11 heterocycles. The van der Waals surface area contributed by atoms with Crippen LogP contribution < -0.4 is 27.4 Å². The van der Waals surface area contributed by atoms with Gasteiger partial charge in [0.1, 0.15) is 80.3 Å². The number of Topliss-reactive ketones (excluding diaryl/α,β-unsaturated/α-hetero) is 2. The van der Waals surface area contributed by atoms with Crippen LogP contribution in [0.15, 0.2) is 122 Å². The van der Waals surface area contributed by atoms with Gasteiger partial charge < -0.3 is 60.6 Å². The van der Waals surface area contributed by atoms with Crippen molar-refractivity contribution >= 4 is 176 Å². The predicted octanol–water partition coefficient (Wildman–Crippen LogP) is 18.9. The zero-order chi connectivity index (χ0) is 101. The summed E-state index contributed by atoms with van der Waals surface area (Å²) in [6.07, 6.45) is 19.6. The molecule has 4 aromatic carbocycles. The van der Waals surface area contributed by atoms with Gasteiger partial charge in [0.15, 0.2) is 56.3 Å². The summed E-state index contributed by atoms with van der Waals surface area (Å²) in [6, 6.07) is 27.5. The van der Waals surface area contributed by atoms with Gasteiger partial charge in [0, 0.05) is 122 Å². The average molecular weight is 2050 g/mol. The van der Waals surface area contributed by atoms with E-state index in [4.69, 9.17) is 94.4 Å². The molecular formula is C98H123Cl3N16O18S4. The number of ether oxygens (including phenoxy) is 7. The first kappa shape index (κ1) is 106. The van der Waals surface area contributed by atoms with Gasteiger partial charge in [-0.15, -0.1) is 0 Å². The summed E-state index contributed by atoms with van der Waals surface area (Å²) in [5.74, 6) is 3.17. The van der Waals surface area contributed by atoms with E-state index in [2.05, 4.69) is 40.9 Å². The third-order valence-electron chi connectivity index (χ3n) is 25.1. The van der Waals surface area contributed by atoms with Gasteiger partial charge >= 0.3 is 0 Å². The molecule has 748 valence electrons. The van der Waals surface area contributed by atoms with E-state index in [9.17, 15) is 48.1 Å². The Morgan fingerprint density at radius 1 is 0.417 bits per heavy atom. The summed E-state index contributed by atoms with van der Waals surface area (Å²) in [6.45, 7) is 17.3. The number of aryl methyl sites for hydroxylation is 3. The number of aliphatic imine (C=N–C) groups is 1. The van der Waals surface area contributed by atoms with Gasteiger partial charge in [-0.1, -0.05) is 59.1 Å². The number of nitrogens with zero attached hydrogens (tertiary/aromatic N) is 11. The summed E-state index contributed by atoms with van der Waals surface area (Å²) < 4.78 is 143. The molecule has 41 heteroatoms. The molecule has 4 aliphatic heterocycles. The Balaban J connectivity index is 0.000000148. The van der Waals surface area contributed by atoms with E-state index in [0.29, 0.717) is 115 Å². The second-order valence-corrected chi connectivity index (χ2v) is 45.3. The highest BCUT2D eigenvalue weighted by molar-refractivity contribution is 7.91. The molecule has 7 unspecified atom stereocenters. The standard InChI is InChI=1S/C27H34N4O5S.C23H27N3O4S.C22H27ClN4O4S.C12H13Cl2N3O.C10H15NO3S.C4H7NO/c1-16(35-3)19-10-11-21(24(13-19)37(4,33)34)30-22-14-20(15-23(32)18-8-9-18)29-27-26(22)28-17(2)31(27)25-7-5-6-12-36-25;1-13-9-19-23(24-13)20(11-17(25-19)12-21(27)15-5-6-15)26-18-8-7-16(14(2)30-3)10-22(18)31(4,28)29;1-13(30-3)15-8-9-16(18(11-15)32(4,28)29)25-17-12-19(23)26-22-21(17)24-14(2)27(22)20-7-5-6-10-31-20;1-7-15-11-8(13)6-9(14)16-12(11)17(7)10-4-2-3-5-18-10;1-7(14-2)8-4-5-9(11)10(6-8)15(3,12)13;5-4(6)3-1-2-3/h10-11,13-14,16,18,25H,5-9,12,15H2,1-4H3,(H,29,30);7-8,10-11,14-15H,5-6,9,12H2,1-4H3,(H,25,26);8-9,11-13,20H,5-7,10H2,1-4H3,(H,25,26);6,10H,2-5H2,1H3;4-7H,11H2,1-3H3;3H,1-2H2,(H2,5,6). The number of imidazole rings is 3. The van der Waals surface area contributed by atoms with Crippen molar-refractivity contribution in [3.63, 3.8) is 0 Å². The van der Waals surface area contributed by atoms with Gasteiger partial charge in [-0.25, -0.2) is 63.6 Å². The minimum absolute atomic E-state index is 0.00853. The van der Waals surface area contributed by atoms with Gasteiger partial charge in [0.05, 0.1) is 106 Å². The highest BCUT2D eigenvalue weighted by Crippen LogP contribution is 2.44. The molecule has 7 N–H and O–H groups in total. The molecule has 139 heavy (non-hydrogen) atoms. The second kappa shape index (κ2) is 45.5. The van der Waals surface area contributed by atoms with Gasteiger partial charge in [0.2, 0.25) is 5.91 Å². The quantitative estimate of drug-likeness (QED) is 0.0224. The number of benzene rings is 4. The number of primary amides is 1. The maximum Gasteiger partial charge on any atom is 0.220 e. The van der Waals surface area contributed by atoms with Crippen molar-refractivity contribution in [3.8, 4) is 0 Å². The number of carbonyl (C=O) groups is 3. The van der Waals surface area contributed by atoms with E-state index < -0.39 is 39.3 Å². The van der Waals surface area contributed by atoms with E-state index in [0.717, 1.165) is 160 Å². The topological polar surface area (TPSA) is 458 Å². The van der Waals surface area contributed by atoms with Crippen LogP contribution in [-0.4, -0.2) is 179 Å². The number of fused-ring (bicyclic) bond motifs is 4. The van der Waals surface area contributed by atoms with Crippen molar-refractivity contribution in [1.82, 2.24) is 48.6 Å². The summed E-state index contributed by atoms with van der Waals surface area (Å²) in [5, 5.41) is 11.0. The van der Waals surface area contributed by atoms with Gasteiger partial charge in [-0.05, 0) is 241 Å². The van der Waals surface area contributed by atoms with Gasteiger partial charge in [-0.2, -0.15) is 0 Å². The molecule has 3 saturated heterocycles. The number of hydrogen-bond acceptors (Lipinski definition) is 30. The lowest BCUT2D eigenvalue weighted by atomic mass is 10.1. The van der Waals surface area contributed by atoms with Crippen molar-refractivity contribution in [3.05, 3.63) is 169 Å². The molecule has 6 fully saturated rings. The lowest BCUT2D eigenvalue weighted by Gasteiger charge is -2.25. The Hall–Kier alpha value is -10.0. The van der Waals surface area contributed by atoms with E-state index in [1.165, 1.54) is 18.8 Å². The first-order valence-electron chi connectivity index (χ1n) is 46.3. The number of nitrogens with two attached hydrogens (primary N) is 2. The lowest BCUT2D eigenvalue weighted by molar-refractivity contribution is -0.120. The molecule has 3 aliphatic carbocycles. The monoisotopic (exact) mass is 2040 g/mol. The van der Waals surface area contributed by atoms with E-state index >= 15 is 0 Å². The summed E-state index contributed by atoms with van der Waals surface area (Å²) in [4.78, 5) is 72.7. The minimum atomic E-state index is -3.56. The molecule has 34 nitrogen and oxygen atoms in total. The fourth-order valence-electron chi connectivity index (χ4n) is 16.7. The molecule has 11 aromatic rings. The van der Waals surface area contributed by atoms with Crippen LogP contribution in [-0.2, 0) is 106 Å². The number of carbonyl (C=O) groups excluding carboxylic acids is 3. The van der Waals surface area contributed by atoms with Crippen LogP contribution in [0.5, 0.6) is 0 Å². The van der Waals surface area contributed by atoms with E-state index in [1.54, 1.807) is 95.2 Å². The normalized spacial score (nSPS) is 18.0. The van der Waals surface area contributed by atoms with Crippen LogP contribution in [0.2, 0.25) is 15.3 Å². The number of methoxy groups -OCH3 is 4. The molecule has 0 bridgehead atoms. The fourth-order valence-corrected chi connectivity index (χ4v) is 20.8. The molecule has 1 amide bonds. The largest absolute Gasteiger partial charge is 0.398 e. The maximum atomic E-state index is 12.8. The van der Waals surface area contributed by atoms with E-state index in [-0.39, 0.29) is 122 Å². The number of halogens is 3. The molecule has 3 saturated carbocycles. The number of aromatic nitrogens is 10. The van der Waals surface area contributed by atoms with Crippen molar-refractivity contribution in [1.29, 1.82) is 0 Å². The first-order valence-corrected chi connectivity index (χ1v) is 55.0. The summed E-state index contributed by atoms with van der Waals surface area (Å²) in [5.41, 5.74) is 24.6. The van der Waals surface area contributed by atoms with Crippen molar-refractivity contribution < 1.29 is 81.2 Å². The highest BCUT2D eigenvalue weighted by atomic mass is 35.5. The van der Waals surface area contributed by atoms with Crippen LogP contribution in [0.25, 0.3) is 33.5 Å². The molecule has 7 atom stereocenters. The molecule has 7 aliphatic rings. The first-order chi connectivity index (χ1) is 65.8. The Bertz CT molecular complexity index is 6930. The third-order valence-corrected chi connectivity index (χ3v) is 30.3. The van der Waals surface area contributed by atoms with Crippen LogP contribution >= 0.6 is 34.8 Å².